The number of aryl methyl sites for hydroxylation is 3. The zero-order chi connectivity index (χ0) is 35.5. The summed E-state index contributed by atoms with van der Waals surface area (Å²) in [5.74, 6) is 0. The maximum Gasteiger partial charge on any atom is 0.217 e. The predicted octanol–water partition coefficient (Wildman–Crippen LogP) is 5.79. The van der Waals surface area contributed by atoms with Crippen LogP contribution in [-0.4, -0.2) is 94.4 Å². The standard InChI is InChI=1S/C38H49BrClN7O3/c1-37(2,3)50-36(48)47-19-18-45(35-32-12-11-30(40)21-28(32)9-10-29-20-27(22-39)23-43-34(29)35)25-33(47)38(4,49)46(24-31-8-5-6-13-42-31)16-7-15-44-17-14-41-26-44/h5-6,8,11-14,17,20-21,23,26,33,35-36,48-49H,7,9-10,15-16,18-19,22,24-25H2,1-4H3/t33?,35?,36-,38?/m0/s1. The van der Waals surface area contributed by atoms with Gasteiger partial charge in [0.05, 0.1) is 35.4 Å². The van der Waals surface area contributed by atoms with Crippen LogP contribution in [0.1, 0.15) is 73.8 Å². The number of pyridine rings is 2. The second-order valence-corrected chi connectivity index (χ2v) is 15.6. The van der Waals surface area contributed by atoms with E-state index in [-0.39, 0.29) is 6.04 Å². The van der Waals surface area contributed by atoms with Gasteiger partial charge in [0.25, 0.3) is 0 Å². The largest absolute Gasteiger partial charge is 0.374 e. The van der Waals surface area contributed by atoms with Gasteiger partial charge < -0.3 is 19.5 Å². The Morgan fingerprint density at radius 3 is 2.60 bits per heavy atom. The maximum absolute atomic E-state index is 12.9. The minimum absolute atomic E-state index is 0.157. The number of aromatic nitrogens is 4. The Morgan fingerprint density at radius 2 is 1.88 bits per heavy atom. The Balaban J connectivity index is 1.39. The van der Waals surface area contributed by atoms with E-state index in [0.717, 1.165) is 53.1 Å². The zero-order valence-corrected chi connectivity index (χ0v) is 31.8. The fourth-order valence-corrected chi connectivity index (χ4v) is 7.85. The second-order valence-electron chi connectivity index (χ2n) is 14.6. The molecule has 3 unspecified atom stereocenters. The number of ether oxygens (including phenoxy) is 1. The molecule has 3 aromatic heterocycles. The number of aliphatic hydroxyl groups excluding tert-OH is 1. The van der Waals surface area contributed by atoms with Crippen LogP contribution in [0.5, 0.6) is 0 Å². The third-order valence-corrected chi connectivity index (χ3v) is 10.7. The lowest BCUT2D eigenvalue weighted by atomic mass is 9.92. The molecule has 1 aliphatic carbocycles. The average Bonchev–Trinajstić information content (AvgIpc) is 3.55. The lowest BCUT2D eigenvalue weighted by molar-refractivity contribution is -0.284. The van der Waals surface area contributed by atoms with E-state index in [1.807, 2.05) is 80.1 Å². The number of hydrogen-bond acceptors (Lipinski definition) is 9. The average molecular weight is 767 g/mol. The highest BCUT2D eigenvalue weighted by Crippen LogP contribution is 2.40. The summed E-state index contributed by atoms with van der Waals surface area (Å²) in [6, 6.07) is 13.6. The van der Waals surface area contributed by atoms with E-state index in [0.29, 0.717) is 32.7 Å². The van der Waals surface area contributed by atoms with Crippen molar-refractivity contribution in [1.82, 2.24) is 34.2 Å². The Kier molecular flexibility index (Phi) is 11.8. The quantitative estimate of drug-likeness (QED) is 0.137. The third-order valence-electron chi connectivity index (χ3n) is 9.85. The summed E-state index contributed by atoms with van der Waals surface area (Å²) in [5, 5.41) is 26.0. The first-order chi connectivity index (χ1) is 23.9. The van der Waals surface area contributed by atoms with Crippen LogP contribution in [0.2, 0.25) is 5.02 Å². The molecule has 0 amide bonds. The van der Waals surface area contributed by atoms with Gasteiger partial charge in [-0.25, -0.2) is 9.88 Å². The van der Waals surface area contributed by atoms with Gasteiger partial charge in [0.2, 0.25) is 6.41 Å². The Hall–Kier alpha value is -2.74. The van der Waals surface area contributed by atoms with E-state index >= 15 is 0 Å². The first kappa shape index (κ1) is 37.0. The highest BCUT2D eigenvalue weighted by atomic mass is 79.9. The maximum atomic E-state index is 12.9. The number of imidazole rings is 1. The van der Waals surface area contributed by atoms with Gasteiger partial charge >= 0.3 is 0 Å². The molecule has 12 heteroatoms. The zero-order valence-electron chi connectivity index (χ0n) is 29.4. The normalized spacial score (nSPS) is 20.6. The minimum atomic E-state index is -1.41. The van der Waals surface area contributed by atoms with E-state index in [4.69, 9.17) is 21.3 Å². The minimum Gasteiger partial charge on any atom is -0.374 e. The lowest BCUT2D eigenvalue weighted by Crippen LogP contribution is -2.69. The van der Waals surface area contributed by atoms with Gasteiger partial charge in [-0.05, 0) is 93.5 Å². The molecule has 4 aromatic rings. The van der Waals surface area contributed by atoms with E-state index in [1.165, 1.54) is 16.7 Å². The van der Waals surface area contributed by atoms with Gasteiger partial charge in [0.15, 0.2) is 0 Å². The molecule has 1 aliphatic heterocycles. The summed E-state index contributed by atoms with van der Waals surface area (Å²) in [6.07, 6.45) is 10.6. The fourth-order valence-electron chi connectivity index (χ4n) is 7.35. The van der Waals surface area contributed by atoms with Crippen LogP contribution in [0, 0.1) is 0 Å². The van der Waals surface area contributed by atoms with Gasteiger partial charge in [0, 0.05) is 74.4 Å². The summed E-state index contributed by atoms with van der Waals surface area (Å²) in [4.78, 5) is 20.3. The summed E-state index contributed by atoms with van der Waals surface area (Å²) >= 11 is 10.2. The predicted molar refractivity (Wildman–Crippen MR) is 199 cm³/mol. The summed E-state index contributed by atoms with van der Waals surface area (Å²) in [5.41, 5.74) is 4.63. The molecular weight excluding hydrogens is 718 g/mol. The number of halogens is 2. The second kappa shape index (κ2) is 15.9. The van der Waals surface area contributed by atoms with Crippen molar-refractivity contribution in [2.45, 2.75) is 95.2 Å². The van der Waals surface area contributed by atoms with E-state index in [9.17, 15) is 10.2 Å². The van der Waals surface area contributed by atoms with Crippen molar-refractivity contribution in [3.8, 4) is 0 Å². The third kappa shape index (κ3) is 8.65. The van der Waals surface area contributed by atoms with Crippen LogP contribution in [-0.2, 0) is 36.0 Å². The van der Waals surface area contributed by atoms with Crippen LogP contribution in [0.3, 0.4) is 0 Å². The molecule has 1 aromatic carbocycles. The molecule has 50 heavy (non-hydrogen) atoms. The van der Waals surface area contributed by atoms with Crippen LogP contribution >= 0.6 is 27.5 Å². The van der Waals surface area contributed by atoms with Crippen LogP contribution in [0.25, 0.3) is 0 Å². The van der Waals surface area contributed by atoms with Crippen molar-refractivity contribution in [1.29, 1.82) is 0 Å². The summed E-state index contributed by atoms with van der Waals surface area (Å²) in [7, 11) is 0. The Bertz CT molecular complexity index is 1700. The molecule has 2 N–H and O–H groups in total. The highest BCUT2D eigenvalue weighted by Gasteiger charge is 2.48. The van der Waals surface area contributed by atoms with Crippen LogP contribution in [0.15, 0.2) is 73.6 Å². The van der Waals surface area contributed by atoms with Gasteiger partial charge in [-0.3, -0.25) is 19.8 Å². The molecule has 1 fully saturated rings. The molecule has 6 rings (SSSR count). The number of benzene rings is 1. The topological polar surface area (TPSA) is 103 Å². The summed E-state index contributed by atoms with van der Waals surface area (Å²) < 4.78 is 8.21. The number of nitrogens with zero attached hydrogens (tertiary/aromatic N) is 7. The van der Waals surface area contributed by atoms with Gasteiger partial charge in [0.1, 0.15) is 5.72 Å². The molecule has 0 spiro atoms. The Morgan fingerprint density at radius 1 is 1.06 bits per heavy atom. The van der Waals surface area contributed by atoms with Crippen molar-refractivity contribution in [2.75, 3.05) is 26.2 Å². The number of piperazine rings is 1. The molecule has 0 saturated carbocycles. The van der Waals surface area contributed by atoms with Crippen molar-refractivity contribution in [3.05, 3.63) is 112 Å². The first-order valence-electron chi connectivity index (χ1n) is 17.4. The van der Waals surface area contributed by atoms with E-state index in [1.54, 1.807) is 12.4 Å². The SMILES string of the molecule is CC(C)(C)O[C@H](O)N1CCN(C2c3ccc(Cl)cc3CCc3cc(CBr)cnc32)CC1C(C)(O)N(CCCn1ccnc1)Cc1ccccn1. The number of rotatable bonds is 12. The molecule has 10 nitrogen and oxygen atoms in total. The molecule has 4 heterocycles. The number of fused-ring (bicyclic) bond motifs is 2. The first-order valence-corrected chi connectivity index (χ1v) is 18.9. The number of hydrogen-bond donors (Lipinski definition) is 2. The molecule has 2 aliphatic rings. The van der Waals surface area contributed by atoms with Crippen molar-refractivity contribution in [2.24, 2.45) is 0 Å². The lowest BCUT2D eigenvalue weighted by Gasteiger charge is -2.53. The monoisotopic (exact) mass is 765 g/mol. The van der Waals surface area contributed by atoms with Gasteiger partial charge in [-0.1, -0.05) is 45.7 Å². The smallest absolute Gasteiger partial charge is 0.217 e. The molecular formula is C38H49BrClN7O3. The molecule has 268 valence electrons. The van der Waals surface area contributed by atoms with E-state index in [2.05, 4.69) is 53.9 Å². The van der Waals surface area contributed by atoms with Crippen molar-refractivity contribution < 1.29 is 14.9 Å². The van der Waals surface area contributed by atoms with Crippen molar-refractivity contribution >= 4 is 27.5 Å². The molecule has 4 atom stereocenters. The summed E-state index contributed by atoms with van der Waals surface area (Å²) in [6.45, 7) is 11.0. The van der Waals surface area contributed by atoms with Crippen LogP contribution in [0.4, 0.5) is 0 Å². The molecule has 1 saturated heterocycles. The van der Waals surface area contributed by atoms with Crippen molar-refractivity contribution in [3.63, 3.8) is 0 Å². The van der Waals surface area contributed by atoms with Gasteiger partial charge in [-0.15, -0.1) is 0 Å². The van der Waals surface area contributed by atoms with Gasteiger partial charge in [-0.2, -0.15) is 0 Å². The molecule has 0 radical (unpaired) electrons. The van der Waals surface area contributed by atoms with Crippen LogP contribution < -0.4 is 0 Å². The fraction of sp³-hybridized carbons (Fsp3) is 0.500. The number of alkyl halides is 1. The highest BCUT2D eigenvalue weighted by molar-refractivity contribution is 9.08. The Labute approximate surface area is 309 Å². The molecule has 0 bridgehead atoms. The number of aliphatic hydroxyl groups is 2. The van der Waals surface area contributed by atoms with E-state index < -0.39 is 23.8 Å².